The van der Waals surface area contributed by atoms with Crippen LogP contribution in [0.2, 0.25) is 0 Å². The molecule has 1 fully saturated rings. The van der Waals surface area contributed by atoms with E-state index in [1.807, 2.05) is 0 Å². The van der Waals surface area contributed by atoms with E-state index in [1.54, 1.807) is 0 Å². The molecule has 1 saturated heterocycles. The molecule has 0 saturated carbocycles. The third-order valence-electron chi connectivity index (χ3n) is 4.58. The molecule has 0 aromatic rings. The zero-order chi connectivity index (χ0) is 14.8. The van der Waals surface area contributed by atoms with Gasteiger partial charge in [0.1, 0.15) is 0 Å². The van der Waals surface area contributed by atoms with Crippen molar-refractivity contribution in [2.45, 2.75) is 91.1 Å². The smallest absolute Gasteiger partial charge is 0.0198 e. The minimum absolute atomic E-state index is 0.718. The monoisotopic (exact) mass is 282 g/mol. The van der Waals surface area contributed by atoms with E-state index in [4.69, 9.17) is 0 Å². The molecule has 0 radical (unpaired) electrons. The van der Waals surface area contributed by atoms with Crippen molar-refractivity contribution in [1.29, 1.82) is 0 Å². The van der Waals surface area contributed by atoms with E-state index >= 15 is 0 Å². The molecule has 0 aromatic heterocycles. The molecule has 1 aliphatic rings. The number of hydrogen-bond acceptors (Lipinski definition) is 2. The van der Waals surface area contributed by atoms with Gasteiger partial charge in [0.25, 0.3) is 0 Å². The van der Waals surface area contributed by atoms with Crippen molar-refractivity contribution in [3.05, 3.63) is 0 Å². The molecule has 0 bridgehead atoms. The number of rotatable bonds is 10. The Kier molecular flexibility index (Phi) is 9.54. The zero-order valence-corrected chi connectivity index (χ0v) is 14.5. The number of nitrogens with one attached hydrogen (secondary N) is 1. The van der Waals surface area contributed by atoms with E-state index in [1.165, 1.54) is 71.0 Å². The van der Waals surface area contributed by atoms with Crippen molar-refractivity contribution < 1.29 is 0 Å². The Morgan fingerprint density at radius 2 is 1.70 bits per heavy atom. The first-order chi connectivity index (χ1) is 9.63. The highest BCUT2D eigenvalue weighted by Gasteiger charge is 2.24. The maximum Gasteiger partial charge on any atom is 0.0198 e. The van der Waals surface area contributed by atoms with E-state index in [0.717, 1.165) is 18.0 Å². The Morgan fingerprint density at radius 3 is 2.35 bits per heavy atom. The Labute approximate surface area is 127 Å². The fraction of sp³-hybridized carbons (Fsp3) is 1.00. The summed E-state index contributed by atoms with van der Waals surface area (Å²) < 4.78 is 0. The number of nitrogens with zero attached hydrogens (tertiary/aromatic N) is 1. The Balaban J connectivity index is 2.11. The third-order valence-corrected chi connectivity index (χ3v) is 4.58. The first-order valence-electron chi connectivity index (χ1n) is 9.11. The highest BCUT2D eigenvalue weighted by atomic mass is 15.2. The van der Waals surface area contributed by atoms with Crippen LogP contribution in [0.15, 0.2) is 0 Å². The van der Waals surface area contributed by atoms with E-state index in [9.17, 15) is 0 Å². The number of unbranched alkanes of at least 4 members (excludes halogenated alkanes) is 6. The van der Waals surface area contributed by atoms with Gasteiger partial charge in [0.15, 0.2) is 0 Å². The first kappa shape index (κ1) is 18.0. The van der Waals surface area contributed by atoms with Gasteiger partial charge in [-0.25, -0.2) is 0 Å². The summed E-state index contributed by atoms with van der Waals surface area (Å²) in [4.78, 5) is 2.72. The number of hydrogen-bond donors (Lipinski definition) is 1. The maximum absolute atomic E-state index is 3.71. The van der Waals surface area contributed by atoms with Crippen LogP contribution in [0.5, 0.6) is 0 Å². The largest absolute Gasteiger partial charge is 0.311 e. The molecule has 2 unspecified atom stereocenters. The fourth-order valence-electron chi connectivity index (χ4n) is 3.30. The summed E-state index contributed by atoms with van der Waals surface area (Å²) in [5, 5.41) is 3.71. The molecule has 0 spiro atoms. The lowest BCUT2D eigenvalue weighted by Crippen LogP contribution is -2.55. The molecule has 120 valence electrons. The third kappa shape index (κ3) is 7.64. The lowest BCUT2D eigenvalue weighted by Gasteiger charge is -2.39. The summed E-state index contributed by atoms with van der Waals surface area (Å²) in [6.45, 7) is 13.1. The van der Waals surface area contributed by atoms with Gasteiger partial charge in [-0.05, 0) is 32.2 Å². The summed E-state index contributed by atoms with van der Waals surface area (Å²) in [5.41, 5.74) is 0. The SMILES string of the molecule is CCCCCCCCCN1CC(CC(C)C)NCC1C. The predicted molar refractivity (Wildman–Crippen MR) is 90.3 cm³/mol. The van der Waals surface area contributed by atoms with E-state index in [0.29, 0.717) is 0 Å². The first-order valence-corrected chi connectivity index (χ1v) is 9.11. The van der Waals surface area contributed by atoms with Gasteiger partial charge in [0.2, 0.25) is 0 Å². The van der Waals surface area contributed by atoms with E-state index in [2.05, 4.69) is 37.9 Å². The van der Waals surface area contributed by atoms with Crippen molar-refractivity contribution in [2.24, 2.45) is 5.92 Å². The topological polar surface area (TPSA) is 15.3 Å². The summed E-state index contributed by atoms with van der Waals surface area (Å²) in [6, 6.07) is 1.44. The fourth-order valence-corrected chi connectivity index (χ4v) is 3.30. The standard InChI is InChI=1S/C18H38N2/c1-5-6-7-8-9-10-11-12-20-15-18(13-16(2)3)19-14-17(20)4/h16-19H,5-15H2,1-4H3. The molecular formula is C18H38N2. The van der Waals surface area contributed by atoms with E-state index < -0.39 is 0 Å². The average molecular weight is 283 g/mol. The quantitative estimate of drug-likeness (QED) is 0.596. The van der Waals surface area contributed by atoms with Crippen molar-refractivity contribution in [1.82, 2.24) is 10.2 Å². The Morgan fingerprint density at radius 1 is 1.05 bits per heavy atom. The van der Waals surface area contributed by atoms with Crippen LogP contribution in [0.1, 0.15) is 79.1 Å². The second-order valence-corrected chi connectivity index (χ2v) is 7.20. The van der Waals surface area contributed by atoms with Gasteiger partial charge in [0.05, 0.1) is 0 Å². The van der Waals surface area contributed by atoms with Gasteiger partial charge in [-0.15, -0.1) is 0 Å². The van der Waals surface area contributed by atoms with Gasteiger partial charge in [-0.2, -0.15) is 0 Å². The molecule has 1 N–H and O–H groups in total. The molecule has 20 heavy (non-hydrogen) atoms. The predicted octanol–water partition coefficient (Wildman–Crippen LogP) is 4.45. The average Bonchev–Trinajstić information content (AvgIpc) is 2.40. The molecule has 2 heteroatoms. The second-order valence-electron chi connectivity index (χ2n) is 7.20. The van der Waals surface area contributed by atoms with Crippen molar-refractivity contribution >= 4 is 0 Å². The van der Waals surface area contributed by atoms with E-state index in [-0.39, 0.29) is 0 Å². The lowest BCUT2D eigenvalue weighted by molar-refractivity contribution is 0.129. The summed E-state index contributed by atoms with van der Waals surface area (Å²) in [7, 11) is 0. The van der Waals surface area contributed by atoms with Gasteiger partial charge < -0.3 is 5.32 Å². The summed E-state index contributed by atoms with van der Waals surface area (Å²) in [6.07, 6.45) is 11.2. The summed E-state index contributed by atoms with van der Waals surface area (Å²) in [5.74, 6) is 0.807. The molecule has 2 nitrogen and oxygen atoms in total. The molecular weight excluding hydrogens is 244 g/mol. The second kappa shape index (κ2) is 10.6. The van der Waals surface area contributed by atoms with Crippen LogP contribution >= 0.6 is 0 Å². The normalized spacial score (nSPS) is 24.4. The minimum atomic E-state index is 0.718. The minimum Gasteiger partial charge on any atom is -0.311 e. The van der Waals surface area contributed by atoms with Crippen molar-refractivity contribution in [3.63, 3.8) is 0 Å². The number of piperazine rings is 1. The lowest BCUT2D eigenvalue weighted by atomic mass is 10.00. The van der Waals surface area contributed by atoms with Crippen LogP contribution in [-0.2, 0) is 0 Å². The molecule has 1 rings (SSSR count). The Hall–Kier alpha value is -0.0800. The molecule has 0 aliphatic carbocycles. The van der Waals surface area contributed by atoms with Crippen molar-refractivity contribution in [3.8, 4) is 0 Å². The molecule has 0 aromatic carbocycles. The molecule has 1 aliphatic heterocycles. The molecule has 0 amide bonds. The molecule has 1 heterocycles. The van der Waals surface area contributed by atoms with Crippen LogP contribution in [0.4, 0.5) is 0 Å². The van der Waals surface area contributed by atoms with Crippen LogP contribution in [-0.4, -0.2) is 36.6 Å². The van der Waals surface area contributed by atoms with Gasteiger partial charge in [0, 0.05) is 25.2 Å². The maximum atomic E-state index is 3.71. The zero-order valence-electron chi connectivity index (χ0n) is 14.5. The van der Waals surface area contributed by atoms with Gasteiger partial charge in [-0.3, -0.25) is 4.90 Å². The highest BCUT2D eigenvalue weighted by molar-refractivity contribution is 4.84. The van der Waals surface area contributed by atoms with Gasteiger partial charge >= 0.3 is 0 Å². The highest BCUT2D eigenvalue weighted by Crippen LogP contribution is 2.15. The van der Waals surface area contributed by atoms with Gasteiger partial charge in [-0.1, -0.05) is 59.3 Å². The summed E-state index contributed by atoms with van der Waals surface area (Å²) >= 11 is 0. The van der Waals surface area contributed by atoms with Crippen molar-refractivity contribution in [2.75, 3.05) is 19.6 Å². The van der Waals surface area contributed by atoms with Crippen LogP contribution in [0.3, 0.4) is 0 Å². The molecule has 2 atom stereocenters. The van der Waals surface area contributed by atoms with Crippen LogP contribution in [0.25, 0.3) is 0 Å². The van der Waals surface area contributed by atoms with Crippen LogP contribution < -0.4 is 5.32 Å². The van der Waals surface area contributed by atoms with Crippen LogP contribution in [0, 0.1) is 5.92 Å². The Bertz CT molecular complexity index is 227.